The minimum absolute atomic E-state index is 0.247. The summed E-state index contributed by atoms with van der Waals surface area (Å²) in [5.41, 5.74) is 0.333. The molecule has 1 atom stereocenters. The Kier molecular flexibility index (Phi) is 4.98. The molecule has 5 heteroatoms. The first kappa shape index (κ1) is 13.0. The molecule has 90 valence electrons. The third-order valence-corrected chi connectivity index (χ3v) is 1.99. The van der Waals surface area contributed by atoms with Crippen LogP contribution in [-0.4, -0.2) is 24.3 Å². The number of esters is 1. The van der Waals surface area contributed by atoms with E-state index >= 15 is 0 Å². The number of carbonyl (C=O) groups is 1. The molecule has 0 fully saturated rings. The summed E-state index contributed by atoms with van der Waals surface area (Å²) in [6, 6.07) is 8.20. The zero-order valence-electron chi connectivity index (χ0n) is 9.42. The SMILES string of the molecule is CCOC(=O)COc1ccccc1C(O)C#N. The fraction of sp³-hybridized carbons (Fsp3) is 0.333. The van der Waals surface area contributed by atoms with E-state index in [1.54, 1.807) is 37.3 Å². The van der Waals surface area contributed by atoms with Crippen LogP contribution in [0.15, 0.2) is 24.3 Å². The first-order valence-corrected chi connectivity index (χ1v) is 5.14. The number of para-hydroxylation sites is 1. The lowest BCUT2D eigenvalue weighted by Gasteiger charge is -2.11. The number of hydrogen-bond donors (Lipinski definition) is 1. The van der Waals surface area contributed by atoms with Crippen LogP contribution < -0.4 is 4.74 Å². The molecule has 0 bridgehead atoms. The maximum atomic E-state index is 11.1. The number of rotatable bonds is 5. The average Bonchev–Trinajstić information content (AvgIpc) is 2.36. The predicted octanol–water partition coefficient (Wildman–Crippen LogP) is 1.19. The van der Waals surface area contributed by atoms with Crippen molar-refractivity contribution in [3.05, 3.63) is 29.8 Å². The molecule has 0 amide bonds. The van der Waals surface area contributed by atoms with E-state index in [-0.39, 0.29) is 13.2 Å². The lowest BCUT2D eigenvalue weighted by atomic mass is 10.1. The Balaban J connectivity index is 2.71. The van der Waals surface area contributed by atoms with Gasteiger partial charge in [0.2, 0.25) is 0 Å². The van der Waals surface area contributed by atoms with E-state index < -0.39 is 12.1 Å². The van der Waals surface area contributed by atoms with Crippen LogP contribution in [0.3, 0.4) is 0 Å². The molecule has 0 radical (unpaired) electrons. The van der Waals surface area contributed by atoms with Crippen molar-refractivity contribution < 1.29 is 19.4 Å². The summed E-state index contributed by atoms with van der Waals surface area (Å²) in [7, 11) is 0. The zero-order chi connectivity index (χ0) is 12.7. The maximum absolute atomic E-state index is 11.1. The van der Waals surface area contributed by atoms with Gasteiger partial charge in [0.25, 0.3) is 0 Å². The molecule has 1 rings (SSSR count). The molecule has 1 N–H and O–H groups in total. The van der Waals surface area contributed by atoms with Gasteiger partial charge in [0.15, 0.2) is 12.7 Å². The van der Waals surface area contributed by atoms with Crippen LogP contribution in [0.1, 0.15) is 18.6 Å². The number of carbonyl (C=O) groups excluding carboxylic acids is 1. The standard InChI is InChI=1S/C12H13NO4/c1-2-16-12(15)8-17-11-6-4-3-5-9(11)10(14)7-13/h3-6,10,14H,2,8H2,1H3. The second kappa shape index (κ2) is 6.51. The van der Waals surface area contributed by atoms with E-state index in [4.69, 9.17) is 14.7 Å². The van der Waals surface area contributed by atoms with Crippen LogP contribution in [0.2, 0.25) is 0 Å². The van der Waals surface area contributed by atoms with Crippen molar-refractivity contribution in [2.75, 3.05) is 13.2 Å². The molecule has 0 aliphatic carbocycles. The van der Waals surface area contributed by atoms with Gasteiger partial charge in [-0.15, -0.1) is 0 Å². The molecule has 5 nitrogen and oxygen atoms in total. The van der Waals surface area contributed by atoms with Crippen molar-refractivity contribution in [2.24, 2.45) is 0 Å². The highest BCUT2D eigenvalue weighted by molar-refractivity contribution is 5.71. The molecule has 17 heavy (non-hydrogen) atoms. The van der Waals surface area contributed by atoms with E-state index in [0.717, 1.165) is 0 Å². The predicted molar refractivity (Wildman–Crippen MR) is 59.1 cm³/mol. The largest absolute Gasteiger partial charge is 0.481 e. The molecule has 0 saturated heterocycles. The number of benzene rings is 1. The van der Waals surface area contributed by atoms with Gasteiger partial charge in [-0.05, 0) is 13.0 Å². The third-order valence-electron chi connectivity index (χ3n) is 1.99. The van der Waals surface area contributed by atoms with Crippen LogP contribution in [0.25, 0.3) is 0 Å². The van der Waals surface area contributed by atoms with Gasteiger partial charge in [-0.3, -0.25) is 0 Å². The van der Waals surface area contributed by atoms with Crippen LogP contribution >= 0.6 is 0 Å². The molecule has 0 heterocycles. The summed E-state index contributed by atoms with van der Waals surface area (Å²) in [6.07, 6.45) is -1.27. The van der Waals surface area contributed by atoms with E-state index in [0.29, 0.717) is 11.3 Å². The Morgan fingerprint density at radius 1 is 1.53 bits per heavy atom. The number of aliphatic hydroxyl groups is 1. The molecule has 1 aromatic rings. The zero-order valence-corrected chi connectivity index (χ0v) is 9.42. The molecule has 0 aliphatic rings. The van der Waals surface area contributed by atoms with Gasteiger partial charge < -0.3 is 14.6 Å². The van der Waals surface area contributed by atoms with Gasteiger partial charge in [0.05, 0.1) is 12.7 Å². The number of nitriles is 1. The van der Waals surface area contributed by atoms with Gasteiger partial charge in [0, 0.05) is 5.56 Å². The van der Waals surface area contributed by atoms with Crippen molar-refractivity contribution >= 4 is 5.97 Å². The summed E-state index contributed by atoms with van der Waals surface area (Å²) in [6.45, 7) is 1.74. The van der Waals surface area contributed by atoms with Crippen LogP contribution in [-0.2, 0) is 9.53 Å². The lowest BCUT2D eigenvalue weighted by Crippen LogP contribution is -2.15. The van der Waals surface area contributed by atoms with Gasteiger partial charge in [-0.25, -0.2) is 4.79 Å². The van der Waals surface area contributed by atoms with E-state index in [2.05, 4.69) is 0 Å². The van der Waals surface area contributed by atoms with Crippen LogP contribution in [0, 0.1) is 11.3 Å². The minimum atomic E-state index is -1.27. The Hall–Kier alpha value is -2.06. The number of ether oxygens (including phenoxy) is 2. The molecule has 1 unspecified atom stereocenters. The fourth-order valence-electron chi connectivity index (χ4n) is 1.25. The van der Waals surface area contributed by atoms with Gasteiger partial charge >= 0.3 is 5.97 Å². The number of nitrogens with zero attached hydrogens (tertiary/aromatic N) is 1. The van der Waals surface area contributed by atoms with E-state index in [1.807, 2.05) is 0 Å². The van der Waals surface area contributed by atoms with Crippen LogP contribution in [0.5, 0.6) is 5.75 Å². The van der Waals surface area contributed by atoms with E-state index in [9.17, 15) is 9.90 Å². The topological polar surface area (TPSA) is 79.6 Å². The normalized spacial score (nSPS) is 11.4. The van der Waals surface area contributed by atoms with Crippen molar-refractivity contribution in [1.29, 1.82) is 5.26 Å². The maximum Gasteiger partial charge on any atom is 0.344 e. The molecular weight excluding hydrogens is 222 g/mol. The molecule has 0 aromatic heterocycles. The summed E-state index contributed by atoms with van der Waals surface area (Å²) in [5, 5.41) is 18.0. The average molecular weight is 235 g/mol. The molecular formula is C12H13NO4. The van der Waals surface area contributed by atoms with Crippen molar-refractivity contribution in [3.8, 4) is 11.8 Å². The van der Waals surface area contributed by atoms with Crippen molar-refractivity contribution in [1.82, 2.24) is 0 Å². The summed E-state index contributed by atoms with van der Waals surface area (Å²) in [5.74, 6) is -0.191. The Morgan fingerprint density at radius 2 is 2.24 bits per heavy atom. The quantitative estimate of drug-likeness (QED) is 0.612. The molecule has 0 aliphatic heterocycles. The van der Waals surface area contributed by atoms with Crippen molar-refractivity contribution in [3.63, 3.8) is 0 Å². The highest BCUT2D eigenvalue weighted by atomic mass is 16.6. The highest BCUT2D eigenvalue weighted by Gasteiger charge is 2.13. The third kappa shape index (κ3) is 3.78. The smallest absolute Gasteiger partial charge is 0.344 e. The van der Waals surface area contributed by atoms with Gasteiger partial charge in [-0.2, -0.15) is 5.26 Å². The Labute approximate surface area is 99.2 Å². The monoisotopic (exact) mass is 235 g/mol. The summed E-state index contributed by atoms with van der Waals surface area (Å²) in [4.78, 5) is 11.1. The number of hydrogen-bond acceptors (Lipinski definition) is 5. The second-order valence-electron chi connectivity index (χ2n) is 3.16. The fourth-order valence-corrected chi connectivity index (χ4v) is 1.25. The Bertz CT molecular complexity index is 425. The lowest BCUT2D eigenvalue weighted by molar-refractivity contribution is -0.145. The molecule has 1 aromatic carbocycles. The number of aliphatic hydroxyl groups excluding tert-OH is 1. The molecule has 0 spiro atoms. The first-order valence-electron chi connectivity index (χ1n) is 5.14. The van der Waals surface area contributed by atoms with Gasteiger partial charge in [0.1, 0.15) is 5.75 Å². The van der Waals surface area contributed by atoms with Crippen LogP contribution in [0.4, 0.5) is 0 Å². The summed E-state index contributed by atoms with van der Waals surface area (Å²) >= 11 is 0. The van der Waals surface area contributed by atoms with E-state index in [1.165, 1.54) is 0 Å². The van der Waals surface area contributed by atoms with Gasteiger partial charge in [-0.1, -0.05) is 18.2 Å². The Morgan fingerprint density at radius 3 is 2.88 bits per heavy atom. The highest BCUT2D eigenvalue weighted by Crippen LogP contribution is 2.24. The molecule has 0 saturated carbocycles. The first-order chi connectivity index (χ1) is 8.19. The summed E-state index contributed by atoms with van der Waals surface area (Å²) < 4.78 is 9.89. The second-order valence-corrected chi connectivity index (χ2v) is 3.16. The van der Waals surface area contributed by atoms with Crippen molar-refractivity contribution in [2.45, 2.75) is 13.0 Å². The minimum Gasteiger partial charge on any atom is -0.481 e.